The average Bonchev–Trinajstić information content (AvgIpc) is 1.68. The molecular weight excluding hydrogens is 1020 g/mol. The maximum atomic E-state index is 9.91. The summed E-state index contributed by atoms with van der Waals surface area (Å²) >= 11 is 0. The molecule has 0 aliphatic heterocycles. The van der Waals surface area contributed by atoms with Crippen LogP contribution in [0.4, 0.5) is 0 Å². The molecule has 2 heterocycles. The van der Waals surface area contributed by atoms with Gasteiger partial charge in [-0.05, 0) is 89.0 Å². The number of benzene rings is 13. The van der Waals surface area contributed by atoms with Gasteiger partial charge in [0.05, 0.1) is 41.5 Å². The monoisotopic (exact) mass is 1090 g/mol. The quantitative estimate of drug-likeness (QED) is 0.0852. The molecule has 13 aromatic carbocycles. The lowest BCUT2D eigenvalue weighted by atomic mass is 9.95. The van der Waals surface area contributed by atoms with Gasteiger partial charge in [0, 0.05) is 38.4 Å². The lowest BCUT2D eigenvalue weighted by Crippen LogP contribution is -2.74. The van der Waals surface area contributed by atoms with E-state index in [9.17, 15) is 11.0 Å². The summed E-state index contributed by atoms with van der Waals surface area (Å²) in [7, 11) is -6.68. The predicted molar refractivity (Wildman–Crippen MR) is 353 cm³/mol. The Morgan fingerprint density at radius 2 is 0.598 bits per heavy atom. The lowest BCUT2D eigenvalue weighted by molar-refractivity contribution is 1.17. The highest BCUT2D eigenvalue weighted by atomic mass is 28.3. The normalized spacial score (nSPS) is 13.6. The first-order valence-electron chi connectivity index (χ1n) is 32.6. The first kappa shape index (κ1) is 39.3. The molecule has 0 unspecified atom stereocenters. The van der Waals surface area contributed by atoms with E-state index in [0.29, 0.717) is 16.2 Å². The smallest absolute Gasteiger partial charge is 0.179 e. The minimum absolute atomic E-state index is 0.108. The van der Waals surface area contributed by atoms with Crippen molar-refractivity contribution in [1.82, 2.24) is 9.13 Å². The van der Waals surface area contributed by atoms with Crippen molar-refractivity contribution in [2.75, 3.05) is 0 Å². The third-order valence-electron chi connectivity index (χ3n) is 16.6. The molecule has 0 bridgehead atoms. The maximum Gasteiger partial charge on any atom is 0.179 e. The number of hydrogen-bond acceptors (Lipinski definition) is 0. The Hall–Kier alpha value is -10.1. The summed E-state index contributed by atoms with van der Waals surface area (Å²) in [5.74, 6) is 0. The van der Waals surface area contributed by atoms with Crippen LogP contribution in [0.2, 0.25) is 0 Å². The molecular formula is C78H56N2Si2. The average molecular weight is 1090 g/mol. The van der Waals surface area contributed by atoms with Gasteiger partial charge in [0.1, 0.15) is 0 Å². The summed E-state index contributed by atoms with van der Waals surface area (Å²) in [6.45, 7) is 0. The molecule has 4 heteroatoms. The molecule has 0 radical (unpaired) electrons. The summed E-state index contributed by atoms with van der Waals surface area (Å²) in [6, 6.07) is 91.5. The summed E-state index contributed by atoms with van der Waals surface area (Å²) in [5, 5.41) is 12.3. The first-order chi connectivity index (χ1) is 44.8. The highest BCUT2D eigenvalue weighted by Gasteiger charge is 2.44. The van der Waals surface area contributed by atoms with Crippen LogP contribution in [-0.4, -0.2) is 25.3 Å². The Morgan fingerprint density at radius 1 is 0.244 bits per heavy atom. The van der Waals surface area contributed by atoms with E-state index in [2.05, 4.69) is 187 Å². The van der Waals surface area contributed by atoms with E-state index in [4.69, 9.17) is 2.74 Å². The molecule has 0 aliphatic carbocycles. The van der Waals surface area contributed by atoms with Gasteiger partial charge in [0.25, 0.3) is 0 Å². The van der Waals surface area contributed by atoms with Gasteiger partial charge in [-0.3, -0.25) is 0 Å². The molecule has 15 rings (SSSR count). The molecule has 0 spiro atoms. The number of fused-ring (bicyclic) bond motifs is 6. The van der Waals surface area contributed by atoms with Gasteiger partial charge in [-0.15, -0.1) is 0 Å². The third kappa shape index (κ3) is 7.83. The Bertz CT molecular complexity index is 5060. The number of para-hydroxylation sites is 2. The number of nitrogens with zero attached hydrogens (tertiary/aromatic N) is 2. The molecule has 0 fully saturated rings. The molecule has 2 aromatic heterocycles. The van der Waals surface area contributed by atoms with E-state index < -0.39 is 76.6 Å². The van der Waals surface area contributed by atoms with E-state index in [1.54, 1.807) is 0 Å². The molecule has 0 atom stereocenters. The number of hydrogen-bond donors (Lipinski definition) is 0. The van der Waals surface area contributed by atoms with E-state index in [1.165, 1.54) is 20.7 Å². The zero-order chi connectivity index (χ0) is 63.2. The van der Waals surface area contributed by atoms with Crippen LogP contribution in [0, 0.1) is 0 Å². The predicted octanol–water partition coefficient (Wildman–Crippen LogP) is 14.0. The number of rotatable bonds is 12. The fourth-order valence-corrected chi connectivity index (χ4v) is 22.8. The van der Waals surface area contributed by atoms with Crippen molar-refractivity contribution >= 4 is 101 Å². The van der Waals surface area contributed by atoms with Crippen molar-refractivity contribution in [3.05, 3.63) is 339 Å². The summed E-state index contributed by atoms with van der Waals surface area (Å²) in [4.78, 5) is 0. The molecule has 82 heavy (non-hydrogen) atoms. The van der Waals surface area contributed by atoms with E-state index in [-0.39, 0.29) is 27.9 Å². The van der Waals surface area contributed by atoms with Gasteiger partial charge in [0.2, 0.25) is 0 Å². The Kier molecular flexibility index (Phi) is 9.84. The van der Waals surface area contributed by atoms with Gasteiger partial charge >= 0.3 is 0 Å². The third-order valence-corrected chi connectivity index (χ3v) is 26.1. The highest BCUT2D eigenvalue weighted by Crippen LogP contribution is 2.43. The topological polar surface area (TPSA) is 9.86 Å². The molecule has 0 aliphatic rings. The van der Waals surface area contributed by atoms with Crippen LogP contribution < -0.4 is 41.5 Å². The van der Waals surface area contributed by atoms with Crippen molar-refractivity contribution in [2.24, 2.45) is 0 Å². The van der Waals surface area contributed by atoms with Crippen molar-refractivity contribution in [2.45, 2.75) is 0 Å². The zero-order valence-corrected chi connectivity index (χ0v) is 46.5. The van der Waals surface area contributed by atoms with E-state index in [0.717, 1.165) is 53.8 Å². The lowest BCUT2D eigenvalue weighted by Gasteiger charge is -2.36. The van der Waals surface area contributed by atoms with Gasteiger partial charge in [-0.1, -0.05) is 303 Å². The van der Waals surface area contributed by atoms with Crippen LogP contribution in [0.15, 0.2) is 339 Å². The van der Waals surface area contributed by atoms with Crippen LogP contribution in [0.1, 0.15) is 13.7 Å². The van der Waals surface area contributed by atoms with Gasteiger partial charge in [-0.2, -0.15) is 0 Å². The second kappa shape index (κ2) is 20.5. The molecule has 0 saturated carbocycles. The summed E-state index contributed by atoms with van der Waals surface area (Å²) in [5.41, 5.74) is 4.69. The standard InChI is InChI=1S/C78H56N2Si2/c1-9-29-57(30-10-1)71-54-67(82(63-39-19-6-20-40-63,64-41-21-7-22-42-64)65-43-23-8-24-44-65)55-72(58-31-11-2-12-32-58)78(71)80-75-48-28-26-46-69(75)73-53-59(49-52-76(73)80)79-74-47-27-25-45-68(74)70-51-50-66(56-77(70)79)81(60-33-13-3-14-34-60,61-35-15-4-16-36-61)62-37-17-5-18-38-62/h1-56H/i1D,2D,9D,10D,11D,12D,29D,30D,31D,32D. The zero-order valence-electron chi connectivity index (χ0n) is 54.5. The minimum atomic E-state index is -3.66. The number of aromatic nitrogens is 2. The Balaban J connectivity index is 1.09. The van der Waals surface area contributed by atoms with Crippen LogP contribution >= 0.6 is 0 Å². The van der Waals surface area contributed by atoms with Crippen molar-refractivity contribution in [3.63, 3.8) is 0 Å². The van der Waals surface area contributed by atoms with Crippen molar-refractivity contribution in [3.8, 4) is 33.6 Å². The van der Waals surface area contributed by atoms with E-state index in [1.807, 2.05) is 102 Å². The fraction of sp³-hybridized carbons (Fsp3) is 0. The van der Waals surface area contributed by atoms with Crippen LogP contribution in [0.5, 0.6) is 0 Å². The molecule has 0 N–H and O–H groups in total. The second-order valence-electron chi connectivity index (χ2n) is 20.8. The Morgan fingerprint density at radius 3 is 1.04 bits per heavy atom. The molecule has 386 valence electrons. The van der Waals surface area contributed by atoms with Gasteiger partial charge < -0.3 is 9.13 Å². The van der Waals surface area contributed by atoms with Crippen molar-refractivity contribution < 1.29 is 13.7 Å². The molecule has 0 amide bonds. The highest BCUT2D eigenvalue weighted by molar-refractivity contribution is 7.20. The van der Waals surface area contributed by atoms with Crippen LogP contribution in [0.25, 0.3) is 77.2 Å². The van der Waals surface area contributed by atoms with Crippen molar-refractivity contribution in [1.29, 1.82) is 0 Å². The Labute approximate surface area is 494 Å². The molecule has 0 saturated heterocycles. The second-order valence-corrected chi connectivity index (χ2v) is 28.4. The van der Waals surface area contributed by atoms with Gasteiger partial charge in [0.15, 0.2) is 16.1 Å². The van der Waals surface area contributed by atoms with Gasteiger partial charge in [-0.25, -0.2) is 0 Å². The van der Waals surface area contributed by atoms with Crippen LogP contribution in [-0.2, 0) is 0 Å². The SMILES string of the molecule is [2H]c1c([2H])c([2H])c(-c2cc([Si](c3ccccc3)(c3ccccc3)c3ccccc3)cc(-c3c([2H])c([2H])c([2H])c([2H])c3[2H])c2-n2c3ccccc3c3cc(-n4c5ccccc5c5ccc([Si](c6ccccc6)(c6ccccc6)c6ccccc6)cc54)ccc32)c([2H])c1[2H]. The van der Waals surface area contributed by atoms with E-state index >= 15 is 0 Å². The minimum Gasteiger partial charge on any atom is -0.309 e. The van der Waals surface area contributed by atoms with Crippen LogP contribution in [0.3, 0.4) is 0 Å². The first-order valence-corrected chi connectivity index (χ1v) is 31.6. The summed E-state index contributed by atoms with van der Waals surface area (Å²) < 4.78 is 99.0. The summed E-state index contributed by atoms with van der Waals surface area (Å²) in [6.07, 6.45) is 0. The molecule has 15 aromatic rings. The fourth-order valence-electron chi connectivity index (χ4n) is 13.2. The molecule has 2 nitrogen and oxygen atoms in total. The maximum absolute atomic E-state index is 9.91. The largest absolute Gasteiger partial charge is 0.309 e.